The van der Waals surface area contributed by atoms with Crippen LogP contribution in [0.3, 0.4) is 0 Å². The molecule has 3 heterocycles. The molecule has 1 fully saturated rings. The van der Waals surface area contributed by atoms with E-state index in [2.05, 4.69) is 20.4 Å². The fourth-order valence-corrected chi connectivity index (χ4v) is 5.49. The number of carbonyl (C=O) groups is 1. The zero-order chi connectivity index (χ0) is 22.9. The Kier molecular flexibility index (Phi) is 6.07. The molecule has 4 rings (SSSR count). The first kappa shape index (κ1) is 22.1. The highest BCUT2D eigenvalue weighted by Gasteiger charge is 2.33. The number of carbonyl (C=O) groups excluding carboxylic acids is 1. The lowest BCUT2D eigenvalue weighted by Crippen LogP contribution is -2.41. The van der Waals surface area contributed by atoms with Crippen LogP contribution in [0.25, 0.3) is 11.4 Å². The number of aromatic nitrogens is 3. The number of hydrogen-bond donors (Lipinski definition) is 1. The molecule has 0 aliphatic carbocycles. The summed E-state index contributed by atoms with van der Waals surface area (Å²) in [6, 6.07) is 10.5. The Morgan fingerprint density at radius 1 is 1.09 bits per heavy atom. The van der Waals surface area contributed by atoms with E-state index in [0.29, 0.717) is 41.5 Å². The number of rotatable bonds is 5. The van der Waals surface area contributed by atoms with Gasteiger partial charge in [0.25, 0.3) is 0 Å². The predicted octanol–water partition coefficient (Wildman–Crippen LogP) is 3.10. The van der Waals surface area contributed by atoms with Gasteiger partial charge in [0, 0.05) is 37.2 Å². The van der Waals surface area contributed by atoms with E-state index in [1.807, 2.05) is 19.1 Å². The summed E-state index contributed by atoms with van der Waals surface area (Å²) in [5, 5.41) is 6.71. The van der Waals surface area contributed by atoms with E-state index in [1.54, 1.807) is 38.1 Å². The molecule has 168 valence electrons. The summed E-state index contributed by atoms with van der Waals surface area (Å²) in [5.41, 5.74) is 2.03. The normalized spacial score (nSPS) is 15.6. The van der Waals surface area contributed by atoms with Crippen molar-refractivity contribution in [2.75, 3.05) is 18.4 Å². The maximum Gasteiger partial charge on any atom is 0.243 e. The number of hydrogen-bond acceptors (Lipinski definition) is 7. The summed E-state index contributed by atoms with van der Waals surface area (Å²) in [6.45, 7) is 5.83. The Labute approximate surface area is 186 Å². The molecule has 0 bridgehead atoms. The van der Waals surface area contributed by atoms with Gasteiger partial charge in [-0.2, -0.15) is 9.29 Å². The number of pyridine rings is 1. The molecule has 2 aromatic heterocycles. The van der Waals surface area contributed by atoms with E-state index >= 15 is 0 Å². The Bertz CT molecular complexity index is 1250. The number of nitrogens with one attached hydrogen (secondary N) is 1. The third-order valence-electron chi connectivity index (χ3n) is 5.56. The molecule has 1 aliphatic heterocycles. The molecule has 10 heteroatoms. The van der Waals surface area contributed by atoms with Crippen molar-refractivity contribution in [3.63, 3.8) is 0 Å². The van der Waals surface area contributed by atoms with E-state index in [4.69, 9.17) is 4.52 Å². The molecule has 0 atom stereocenters. The van der Waals surface area contributed by atoms with Crippen LogP contribution in [0.2, 0.25) is 0 Å². The molecule has 1 N–H and O–H groups in total. The Balaban J connectivity index is 1.46. The van der Waals surface area contributed by atoms with Crippen LogP contribution in [0.5, 0.6) is 0 Å². The first-order chi connectivity index (χ1) is 15.2. The molecule has 0 unspecified atom stereocenters. The van der Waals surface area contributed by atoms with Gasteiger partial charge in [0.2, 0.25) is 27.6 Å². The van der Waals surface area contributed by atoms with Gasteiger partial charge in [-0.05, 0) is 50.5 Å². The monoisotopic (exact) mass is 455 g/mol. The number of piperidine rings is 1. The minimum atomic E-state index is -3.73. The van der Waals surface area contributed by atoms with E-state index in [1.165, 1.54) is 4.31 Å². The highest BCUT2D eigenvalue weighted by molar-refractivity contribution is 7.89. The number of nitrogens with zero attached hydrogens (tertiary/aromatic N) is 4. The third kappa shape index (κ3) is 4.56. The van der Waals surface area contributed by atoms with E-state index in [-0.39, 0.29) is 29.8 Å². The van der Waals surface area contributed by atoms with Crippen molar-refractivity contribution in [3.8, 4) is 11.4 Å². The van der Waals surface area contributed by atoms with Crippen LogP contribution in [0.4, 0.5) is 5.82 Å². The topological polar surface area (TPSA) is 118 Å². The van der Waals surface area contributed by atoms with Gasteiger partial charge in [-0.1, -0.05) is 23.4 Å². The van der Waals surface area contributed by atoms with Crippen LogP contribution < -0.4 is 5.32 Å². The first-order valence-corrected chi connectivity index (χ1v) is 11.8. The van der Waals surface area contributed by atoms with Gasteiger partial charge in [-0.15, -0.1) is 0 Å². The Morgan fingerprint density at radius 2 is 1.84 bits per heavy atom. The van der Waals surface area contributed by atoms with Crippen LogP contribution in [0.15, 0.2) is 45.8 Å². The minimum Gasteiger partial charge on any atom is -0.339 e. The van der Waals surface area contributed by atoms with E-state index in [9.17, 15) is 13.2 Å². The smallest absolute Gasteiger partial charge is 0.243 e. The fourth-order valence-electron chi connectivity index (χ4n) is 3.77. The SMILES string of the molecule is Cc1cccc(NC(=O)C2CCN(S(=O)(=O)c3cc(-c4noc(C)n4)ccc3C)CC2)n1. The summed E-state index contributed by atoms with van der Waals surface area (Å²) in [7, 11) is -3.73. The maximum atomic E-state index is 13.4. The Morgan fingerprint density at radius 3 is 2.50 bits per heavy atom. The molecule has 0 saturated carbocycles. The second kappa shape index (κ2) is 8.79. The largest absolute Gasteiger partial charge is 0.339 e. The predicted molar refractivity (Wildman–Crippen MR) is 118 cm³/mol. The summed E-state index contributed by atoms with van der Waals surface area (Å²) in [5.74, 6) is 0.865. The van der Waals surface area contributed by atoms with Gasteiger partial charge in [-0.25, -0.2) is 13.4 Å². The molecule has 3 aromatic rings. The number of aryl methyl sites for hydroxylation is 3. The second-order valence-corrected chi connectivity index (χ2v) is 9.86. The van der Waals surface area contributed by atoms with Crippen LogP contribution in [0.1, 0.15) is 30.0 Å². The lowest BCUT2D eigenvalue weighted by Gasteiger charge is -2.31. The lowest BCUT2D eigenvalue weighted by molar-refractivity contribution is -0.120. The van der Waals surface area contributed by atoms with Crippen molar-refractivity contribution in [2.24, 2.45) is 5.92 Å². The van der Waals surface area contributed by atoms with Crippen molar-refractivity contribution in [2.45, 2.75) is 38.5 Å². The lowest BCUT2D eigenvalue weighted by atomic mass is 9.97. The molecule has 9 nitrogen and oxygen atoms in total. The molecule has 1 aliphatic rings. The number of amides is 1. The number of sulfonamides is 1. The average Bonchev–Trinajstić information content (AvgIpc) is 3.20. The highest BCUT2D eigenvalue weighted by Crippen LogP contribution is 2.29. The summed E-state index contributed by atoms with van der Waals surface area (Å²) in [4.78, 5) is 21.3. The molecule has 32 heavy (non-hydrogen) atoms. The van der Waals surface area contributed by atoms with Gasteiger partial charge in [-0.3, -0.25) is 4.79 Å². The van der Waals surface area contributed by atoms with Gasteiger partial charge >= 0.3 is 0 Å². The quantitative estimate of drug-likeness (QED) is 0.628. The molecular formula is C22H25N5O4S. The van der Waals surface area contributed by atoms with Crippen LogP contribution >= 0.6 is 0 Å². The van der Waals surface area contributed by atoms with Crippen molar-refractivity contribution >= 4 is 21.7 Å². The van der Waals surface area contributed by atoms with Crippen LogP contribution in [-0.4, -0.2) is 46.8 Å². The van der Waals surface area contributed by atoms with Crippen molar-refractivity contribution < 1.29 is 17.7 Å². The second-order valence-electron chi connectivity index (χ2n) is 7.95. The third-order valence-corrected chi connectivity index (χ3v) is 7.60. The molecule has 0 spiro atoms. The number of anilines is 1. The standard InChI is InChI=1S/C22H25N5O4S/c1-14-7-8-18(21-24-16(3)31-26-21)13-19(14)32(29,30)27-11-9-17(10-12-27)22(28)25-20-6-4-5-15(2)23-20/h4-8,13,17H,9-12H2,1-3H3,(H,23,25,28). The van der Waals surface area contributed by atoms with Gasteiger partial charge in [0.1, 0.15) is 5.82 Å². The molecule has 0 radical (unpaired) electrons. The summed E-state index contributed by atoms with van der Waals surface area (Å²) in [6.07, 6.45) is 0.888. The average molecular weight is 456 g/mol. The highest BCUT2D eigenvalue weighted by atomic mass is 32.2. The fraction of sp³-hybridized carbons (Fsp3) is 0.364. The van der Waals surface area contributed by atoms with Crippen LogP contribution in [0, 0.1) is 26.7 Å². The zero-order valence-corrected chi connectivity index (χ0v) is 19.0. The van der Waals surface area contributed by atoms with Gasteiger partial charge in [0.15, 0.2) is 0 Å². The first-order valence-electron chi connectivity index (χ1n) is 10.4. The van der Waals surface area contributed by atoms with E-state index in [0.717, 1.165) is 5.69 Å². The summed E-state index contributed by atoms with van der Waals surface area (Å²) < 4.78 is 33.2. The maximum absolute atomic E-state index is 13.4. The molecule has 1 saturated heterocycles. The molecular weight excluding hydrogens is 430 g/mol. The zero-order valence-electron chi connectivity index (χ0n) is 18.2. The van der Waals surface area contributed by atoms with Crippen molar-refractivity contribution in [1.82, 2.24) is 19.4 Å². The van der Waals surface area contributed by atoms with E-state index < -0.39 is 10.0 Å². The molecule has 1 aromatic carbocycles. The minimum absolute atomic E-state index is 0.134. The number of benzene rings is 1. The van der Waals surface area contributed by atoms with Crippen LogP contribution in [-0.2, 0) is 14.8 Å². The Hall–Kier alpha value is -3.11. The van der Waals surface area contributed by atoms with Crippen molar-refractivity contribution in [1.29, 1.82) is 0 Å². The summed E-state index contributed by atoms with van der Waals surface area (Å²) >= 11 is 0. The van der Waals surface area contributed by atoms with Crippen molar-refractivity contribution in [3.05, 3.63) is 53.5 Å². The molecule has 1 amide bonds. The van der Waals surface area contributed by atoms with Gasteiger partial charge in [0.05, 0.1) is 4.90 Å². The van der Waals surface area contributed by atoms with Gasteiger partial charge < -0.3 is 9.84 Å².